The van der Waals surface area contributed by atoms with Crippen molar-refractivity contribution in [3.05, 3.63) is 65.7 Å². The SMILES string of the molecule is CCOC(=O)c1ccc(NCCCCCCCCCCCSCc2ccccc2)cc1. The molecule has 4 heteroatoms. The minimum absolute atomic E-state index is 0.254. The standard InChI is InChI=1S/C27H39NO2S/c1-2-30-27(29)25-17-19-26(20-18-25)28-21-13-8-6-4-3-5-7-9-14-22-31-23-24-15-11-10-12-16-24/h10-12,15-20,28H,2-9,13-14,21-23H2,1H3. The maximum Gasteiger partial charge on any atom is 0.338 e. The van der Waals surface area contributed by atoms with E-state index in [0.717, 1.165) is 18.0 Å². The Labute approximate surface area is 193 Å². The van der Waals surface area contributed by atoms with Crippen LogP contribution in [0, 0.1) is 0 Å². The van der Waals surface area contributed by atoms with E-state index in [1.54, 1.807) is 0 Å². The third kappa shape index (κ3) is 11.9. The van der Waals surface area contributed by atoms with Gasteiger partial charge in [-0.05, 0) is 55.3 Å². The van der Waals surface area contributed by atoms with Gasteiger partial charge in [0.25, 0.3) is 0 Å². The minimum Gasteiger partial charge on any atom is -0.462 e. The number of carbonyl (C=O) groups is 1. The average molecular weight is 442 g/mol. The van der Waals surface area contributed by atoms with Gasteiger partial charge in [-0.15, -0.1) is 0 Å². The highest BCUT2D eigenvalue weighted by Crippen LogP contribution is 2.16. The maximum atomic E-state index is 11.6. The van der Waals surface area contributed by atoms with Crippen molar-refractivity contribution >= 4 is 23.4 Å². The number of carbonyl (C=O) groups excluding carboxylic acids is 1. The van der Waals surface area contributed by atoms with E-state index in [1.807, 2.05) is 31.2 Å². The number of ether oxygens (including phenoxy) is 1. The number of hydrogen-bond donors (Lipinski definition) is 1. The van der Waals surface area contributed by atoms with E-state index in [9.17, 15) is 4.79 Å². The fraction of sp³-hybridized carbons (Fsp3) is 0.519. The summed E-state index contributed by atoms with van der Waals surface area (Å²) in [7, 11) is 0. The molecule has 2 aromatic rings. The molecule has 0 atom stereocenters. The van der Waals surface area contributed by atoms with E-state index in [1.165, 1.54) is 69.1 Å². The number of rotatable bonds is 17. The number of thioether (sulfide) groups is 1. The summed E-state index contributed by atoms with van der Waals surface area (Å²) in [6.45, 7) is 3.22. The van der Waals surface area contributed by atoms with Crippen LogP contribution in [0.1, 0.15) is 80.6 Å². The van der Waals surface area contributed by atoms with Crippen molar-refractivity contribution in [1.29, 1.82) is 0 Å². The van der Waals surface area contributed by atoms with Crippen molar-refractivity contribution in [1.82, 2.24) is 0 Å². The lowest BCUT2D eigenvalue weighted by molar-refractivity contribution is 0.0526. The lowest BCUT2D eigenvalue weighted by atomic mass is 10.1. The van der Waals surface area contributed by atoms with Gasteiger partial charge in [0.05, 0.1) is 12.2 Å². The zero-order valence-electron chi connectivity index (χ0n) is 19.1. The number of nitrogens with one attached hydrogen (secondary N) is 1. The Balaban J connectivity index is 1.35. The van der Waals surface area contributed by atoms with Gasteiger partial charge in [-0.1, -0.05) is 75.3 Å². The molecule has 2 aromatic carbocycles. The monoisotopic (exact) mass is 441 g/mol. The van der Waals surface area contributed by atoms with E-state index >= 15 is 0 Å². The van der Waals surface area contributed by atoms with Gasteiger partial charge in [0.1, 0.15) is 0 Å². The first kappa shape index (κ1) is 25.3. The summed E-state index contributed by atoms with van der Waals surface area (Å²) >= 11 is 2.06. The molecule has 2 rings (SSSR count). The summed E-state index contributed by atoms with van der Waals surface area (Å²) in [5.41, 5.74) is 3.11. The zero-order valence-corrected chi connectivity index (χ0v) is 19.9. The summed E-state index contributed by atoms with van der Waals surface area (Å²) in [5.74, 6) is 2.18. The molecule has 170 valence electrons. The lowest BCUT2D eigenvalue weighted by Gasteiger charge is -2.07. The fourth-order valence-corrected chi connectivity index (χ4v) is 4.48. The molecular formula is C27H39NO2S. The second-order valence-electron chi connectivity index (χ2n) is 7.94. The summed E-state index contributed by atoms with van der Waals surface area (Å²) in [6, 6.07) is 18.3. The molecule has 1 N–H and O–H groups in total. The van der Waals surface area contributed by atoms with Crippen LogP contribution < -0.4 is 5.32 Å². The maximum absolute atomic E-state index is 11.6. The Hall–Kier alpha value is -1.94. The molecule has 3 nitrogen and oxygen atoms in total. The first-order valence-electron chi connectivity index (χ1n) is 11.9. The van der Waals surface area contributed by atoms with E-state index in [0.29, 0.717) is 12.2 Å². The van der Waals surface area contributed by atoms with Crippen LogP contribution in [0.25, 0.3) is 0 Å². The van der Waals surface area contributed by atoms with Crippen LogP contribution in [0.2, 0.25) is 0 Å². The zero-order chi connectivity index (χ0) is 22.0. The summed E-state index contributed by atoms with van der Waals surface area (Å²) < 4.78 is 5.01. The number of anilines is 1. The van der Waals surface area contributed by atoms with Crippen LogP contribution >= 0.6 is 11.8 Å². The Morgan fingerprint density at radius 2 is 1.42 bits per heavy atom. The molecule has 0 bridgehead atoms. The Bertz CT molecular complexity index is 703. The molecular weight excluding hydrogens is 402 g/mol. The predicted molar refractivity (Wildman–Crippen MR) is 135 cm³/mol. The molecule has 0 aromatic heterocycles. The molecule has 0 aliphatic rings. The summed E-state index contributed by atoms with van der Waals surface area (Å²) in [4.78, 5) is 11.6. The van der Waals surface area contributed by atoms with E-state index < -0.39 is 0 Å². The molecule has 0 radical (unpaired) electrons. The van der Waals surface area contributed by atoms with Gasteiger partial charge >= 0.3 is 5.97 Å². The molecule has 0 aliphatic carbocycles. The van der Waals surface area contributed by atoms with Crippen LogP contribution in [-0.2, 0) is 10.5 Å². The topological polar surface area (TPSA) is 38.3 Å². The van der Waals surface area contributed by atoms with Crippen molar-refractivity contribution in [3.63, 3.8) is 0 Å². The first-order valence-corrected chi connectivity index (χ1v) is 13.1. The first-order chi connectivity index (χ1) is 15.3. The normalized spacial score (nSPS) is 10.7. The van der Waals surface area contributed by atoms with Crippen LogP contribution in [0.5, 0.6) is 0 Å². The smallest absolute Gasteiger partial charge is 0.338 e. The number of benzene rings is 2. The highest BCUT2D eigenvalue weighted by molar-refractivity contribution is 7.98. The lowest BCUT2D eigenvalue weighted by Crippen LogP contribution is -2.05. The van der Waals surface area contributed by atoms with Gasteiger partial charge in [-0.3, -0.25) is 0 Å². The highest BCUT2D eigenvalue weighted by atomic mass is 32.2. The van der Waals surface area contributed by atoms with E-state index in [4.69, 9.17) is 4.74 Å². The number of esters is 1. The Morgan fingerprint density at radius 3 is 2.06 bits per heavy atom. The predicted octanol–water partition coefficient (Wildman–Crippen LogP) is 7.72. The largest absolute Gasteiger partial charge is 0.462 e. The third-order valence-corrected chi connectivity index (χ3v) is 6.42. The molecule has 0 saturated carbocycles. The molecule has 0 fully saturated rings. The quantitative estimate of drug-likeness (QED) is 0.201. The second-order valence-corrected chi connectivity index (χ2v) is 9.05. The fourth-order valence-electron chi connectivity index (χ4n) is 3.50. The minimum atomic E-state index is -0.254. The van der Waals surface area contributed by atoms with Crippen LogP contribution in [0.3, 0.4) is 0 Å². The van der Waals surface area contributed by atoms with Gasteiger partial charge in [-0.2, -0.15) is 11.8 Å². The number of unbranched alkanes of at least 4 members (excludes halogenated alkanes) is 8. The van der Waals surface area contributed by atoms with Crippen molar-refractivity contribution in [2.45, 2.75) is 70.5 Å². The van der Waals surface area contributed by atoms with Gasteiger partial charge in [-0.25, -0.2) is 4.79 Å². The molecule has 0 amide bonds. The Kier molecular flexibility index (Phi) is 13.7. The van der Waals surface area contributed by atoms with Crippen molar-refractivity contribution in [3.8, 4) is 0 Å². The van der Waals surface area contributed by atoms with Crippen LogP contribution in [0.15, 0.2) is 54.6 Å². The van der Waals surface area contributed by atoms with E-state index in [-0.39, 0.29) is 5.97 Å². The van der Waals surface area contributed by atoms with Crippen molar-refractivity contribution in [2.75, 3.05) is 24.2 Å². The summed E-state index contributed by atoms with van der Waals surface area (Å²) in [5, 5.41) is 3.43. The molecule has 0 spiro atoms. The molecule has 0 saturated heterocycles. The van der Waals surface area contributed by atoms with Gasteiger partial charge in [0, 0.05) is 18.0 Å². The molecule has 0 aliphatic heterocycles. The molecule has 31 heavy (non-hydrogen) atoms. The van der Waals surface area contributed by atoms with Crippen molar-refractivity contribution < 1.29 is 9.53 Å². The van der Waals surface area contributed by atoms with E-state index in [2.05, 4.69) is 47.4 Å². The van der Waals surface area contributed by atoms with Crippen LogP contribution in [0.4, 0.5) is 5.69 Å². The van der Waals surface area contributed by atoms with Gasteiger partial charge in [0.2, 0.25) is 0 Å². The third-order valence-electron chi connectivity index (χ3n) is 5.30. The summed E-state index contributed by atoms with van der Waals surface area (Å²) in [6.07, 6.45) is 12.0. The second kappa shape index (κ2) is 16.7. The number of hydrogen-bond acceptors (Lipinski definition) is 4. The highest BCUT2D eigenvalue weighted by Gasteiger charge is 2.05. The average Bonchev–Trinajstić information content (AvgIpc) is 2.80. The molecule has 0 unspecified atom stereocenters. The van der Waals surface area contributed by atoms with Gasteiger partial charge in [0.15, 0.2) is 0 Å². The van der Waals surface area contributed by atoms with Gasteiger partial charge < -0.3 is 10.1 Å². The molecule has 0 heterocycles. The Morgan fingerprint density at radius 1 is 0.806 bits per heavy atom. The van der Waals surface area contributed by atoms with Crippen molar-refractivity contribution in [2.24, 2.45) is 0 Å². The van der Waals surface area contributed by atoms with Crippen LogP contribution in [-0.4, -0.2) is 24.9 Å².